The Hall–Kier alpha value is -2.18. The summed E-state index contributed by atoms with van der Waals surface area (Å²) in [5, 5.41) is 9.91. The minimum absolute atomic E-state index is 0.304. The normalized spacial score (nSPS) is 17.2. The van der Waals surface area contributed by atoms with Gasteiger partial charge in [-0.2, -0.15) is 0 Å². The first kappa shape index (κ1) is 18.2. The zero-order valence-electron chi connectivity index (χ0n) is 15.8. The van der Waals surface area contributed by atoms with Gasteiger partial charge >= 0.3 is 0 Å². The number of thioether (sulfide) groups is 1. The third kappa shape index (κ3) is 4.06. The van der Waals surface area contributed by atoms with E-state index in [1.54, 1.807) is 24.2 Å². The molecule has 0 saturated carbocycles. The Morgan fingerprint density at radius 3 is 2.67 bits per heavy atom. The lowest BCUT2D eigenvalue weighted by molar-refractivity contribution is 0.0315. The fourth-order valence-electron chi connectivity index (χ4n) is 3.26. The second-order valence-electron chi connectivity index (χ2n) is 6.95. The van der Waals surface area contributed by atoms with Gasteiger partial charge in [-0.15, -0.1) is 10.2 Å². The Bertz CT molecular complexity index is 904. The quantitative estimate of drug-likeness (QED) is 0.605. The maximum absolute atomic E-state index is 5.88. The van der Waals surface area contributed by atoms with Gasteiger partial charge in [0.2, 0.25) is 0 Å². The smallest absolute Gasteiger partial charge is 0.196 e. The fraction of sp³-hybridized carbons (Fsp3) is 0.381. The Kier molecular flexibility index (Phi) is 5.55. The third-order valence-corrected chi connectivity index (χ3v) is 6.05. The highest BCUT2D eigenvalue weighted by molar-refractivity contribution is 7.99. The lowest BCUT2D eigenvalue weighted by atomic mass is 10.1. The van der Waals surface area contributed by atoms with E-state index in [4.69, 9.17) is 4.74 Å². The van der Waals surface area contributed by atoms with Gasteiger partial charge in [-0.05, 0) is 68.5 Å². The number of ether oxygens (including phenoxy) is 1. The third-order valence-electron chi connectivity index (χ3n) is 4.99. The second kappa shape index (κ2) is 8.23. The molecule has 1 aromatic carbocycles. The van der Waals surface area contributed by atoms with E-state index in [0.717, 1.165) is 41.0 Å². The molecule has 0 radical (unpaired) electrons. The summed E-state index contributed by atoms with van der Waals surface area (Å²) in [4.78, 5) is 4.12. The lowest BCUT2D eigenvalue weighted by Crippen LogP contribution is -2.21. The summed E-state index contributed by atoms with van der Waals surface area (Å²) in [6, 6.07) is 10.4. The van der Waals surface area contributed by atoms with Crippen LogP contribution in [0, 0.1) is 13.8 Å². The van der Waals surface area contributed by atoms with Crippen LogP contribution in [0.5, 0.6) is 0 Å². The molecular formula is C21H24N4OS. The molecule has 1 fully saturated rings. The van der Waals surface area contributed by atoms with Crippen LogP contribution >= 0.6 is 11.8 Å². The van der Waals surface area contributed by atoms with E-state index in [1.807, 2.05) is 12.1 Å². The number of rotatable bonds is 5. The van der Waals surface area contributed by atoms with Gasteiger partial charge < -0.3 is 4.74 Å². The van der Waals surface area contributed by atoms with Crippen LogP contribution in [0.4, 0.5) is 0 Å². The molecule has 0 unspecified atom stereocenters. The van der Waals surface area contributed by atoms with Crippen LogP contribution in [0.1, 0.15) is 30.4 Å². The molecule has 0 aliphatic carbocycles. The van der Waals surface area contributed by atoms with Crippen LogP contribution in [0.2, 0.25) is 0 Å². The van der Waals surface area contributed by atoms with Gasteiger partial charge in [-0.25, -0.2) is 0 Å². The molecule has 0 N–H and O–H groups in total. The summed E-state index contributed by atoms with van der Waals surface area (Å²) in [6.07, 6.45) is 7.43. The molecule has 0 bridgehead atoms. The van der Waals surface area contributed by atoms with Crippen molar-refractivity contribution in [3.8, 4) is 17.1 Å². The SMILES string of the molecule is Cc1ccc(-n2c(SC[C@H]3CCCCO3)nnc2-c2ccncc2)cc1C. The molecular weight excluding hydrogens is 356 g/mol. The van der Waals surface area contributed by atoms with Crippen molar-refractivity contribution in [3.63, 3.8) is 0 Å². The molecule has 1 saturated heterocycles. The van der Waals surface area contributed by atoms with Gasteiger partial charge in [0, 0.05) is 30.3 Å². The first-order chi connectivity index (χ1) is 13.2. The van der Waals surface area contributed by atoms with Crippen molar-refractivity contribution in [3.05, 3.63) is 53.9 Å². The molecule has 3 aromatic rings. The molecule has 3 heterocycles. The molecule has 2 aromatic heterocycles. The fourth-order valence-corrected chi connectivity index (χ4v) is 4.27. The standard InChI is InChI=1S/C21H24N4OS/c1-15-6-7-18(13-16(15)2)25-20(17-8-10-22-11-9-17)23-24-21(25)27-14-19-5-3-4-12-26-19/h6-11,13,19H,3-5,12,14H2,1-2H3/t19-/m1/s1. The lowest BCUT2D eigenvalue weighted by Gasteiger charge is -2.22. The number of nitrogens with zero attached hydrogens (tertiary/aromatic N) is 4. The Morgan fingerprint density at radius 1 is 1.07 bits per heavy atom. The molecule has 0 amide bonds. The molecule has 0 spiro atoms. The summed E-state index contributed by atoms with van der Waals surface area (Å²) >= 11 is 1.72. The van der Waals surface area contributed by atoms with Crippen LogP contribution in [0.15, 0.2) is 47.9 Å². The predicted octanol–water partition coefficient (Wildman–Crippen LogP) is 4.61. The van der Waals surface area contributed by atoms with E-state index in [9.17, 15) is 0 Å². The van der Waals surface area contributed by atoms with Crippen LogP contribution in [-0.4, -0.2) is 38.2 Å². The van der Waals surface area contributed by atoms with Gasteiger partial charge in [0.25, 0.3) is 0 Å². The van der Waals surface area contributed by atoms with Gasteiger partial charge in [-0.3, -0.25) is 9.55 Å². The molecule has 27 heavy (non-hydrogen) atoms. The van der Waals surface area contributed by atoms with E-state index < -0.39 is 0 Å². The monoisotopic (exact) mass is 380 g/mol. The summed E-state index contributed by atoms with van der Waals surface area (Å²) < 4.78 is 8.03. The van der Waals surface area contributed by atoms with Crippen molar-refractivity contribution in [2.45, 2.75) is 44.4 Å². The first-order valence-electron chi connectivity index (χ1n) is 9.40. The molecule has 1 aliphatic rings. The average molecular weight is 381 g/mol. The highest BCUT2D eigenvalue weighted by Crippen LogP contribution is 2.30. The number of benzene rings is 1. The highest BCUT2D eigenvalue weighted by atomic mass is 32.2. The summed E-state index contributed by atoms with van der Waals surface area (Å²) in [6.45, 7) is 5.14. The van der Waals surface area contributed by atoms with Crippen molar-refractivity contribution in [2.75, 3.05) is 12.4 Å². The van der Waals surface area contributed by atoms with Gasteiger partial charge in [0.1, 0.15) is 0 Å². The van der Waals surface area contributed by atoms with Gasteiger partial charge in [0.05, 0.1) is 11.8 Å². The largest absolute Gasteiger partial charge is 0.377 e. The number of aryl methyl sites for hydroxylation is 2. The summed E-state index contributed by atoms with van der Waals surface area (Å²) in [7, 11) is 0. The van der Waals surface area contributed by atoms with Crippen molar-refractivity contribution >= 4 is 11.8 Å². The van der Waals surface area contributed by atoms with Crippen LogP contribution in [0.3, 0.4) is 0 Å². The van der Waals surface area contributed by atoms with E-state index in [2.05, 4.69) is 51.8 Å². The van der Waals surface area contributed by atoms with Crippen LogP contribution < -0.4 is 0 Å². The number of hydrogen-bond acceptors (Lipinski definition) is 5. The molecule has 5 nitrogen and oxygen atoms in total. The van der Waals surface area contributed by atoms with Crippen molar-refractivity contribution in [1.29, 1.82) is 0 Å². The Balaban J connectivity index is 1.70. The van der Waals surface area contributed by atoms with Crippen molar-refractivity contribution in [1.82, 2.24) is 19.7 Å². The van der Waals surface area contributed by atoms with E-state index in [0.29, 0.717) is 6.10 Å². The average Bonchev–Trinajstić information content (AvgIpc) is 3.14. The Morgan fingerprint density at radius 2 is 1.93 bits per heavy atom. The molecule has 1 atom stereocenters. The number of pyridine rings is 1. The summed E-state index contributed by atoms with van der Waals surface area (Å²) in [5.74, 6) is 1.74. The van der Waals surface area contributed by atoms with Crippen molar-refractivity contribution < 1.29 is 4.74 Å². The van der Waals surface area contributed by atoms with Crippen molar-refractivity contribution in [2.24, 2.45) is 0 Å². The van der Waals surface area contributed by atoms with E-state index in [1.165, 1.54) is 24.0 Å². The zero-order valence-corrected chi connectivity index (χ0v) is 16.6. The topological polar surface area (TPSA) is 52.8 Å². The molecule has 4 rings (SSSR count). The predicted molar refractivity (Wildman–Crippen MR) is 108 cm³/mol. The number of aromatic nitrogens is 4. The van der Waals surface area contributed by atoms with Gasteiger partial charge in [-0.1, -0.05) is 17.8 Å². The minimum Gasteiger partial charge on any atom is -0.377 e. The maximum Gasteiger partial charge on any atom is 0.196 e. The number of hydrogen-bond donors (Lipinski definition) is 0. The molecule has 140 valence electrons. The molecule has 6 heteroatoms. The van der Waals surface area contributed by atoms with E-state index in [-0.39, 0.29) is 0 Å². The van der Waals surface area contributed by atoms with Crippen LogP contribution in [-0.2, 0) is 4.74 Å². The van der Waals surface area contributed by atoms with Gasteiger partial charge in [0.15, 0.2) is 11.0 Å². The second-order valence-corrected chi connectivity index (χ2v) is 7.93. The molecule has 1 aliphatic heterocycles. The maximum atomic E-state index is 5.88. The summed E-state index contributed by atoms with van der Waals surface area (Å²) in [5.41, 5.74) is 4.63. The van der Waals surface area contributed by atoms with E-state index >= 15 is 0 Å². The Labute approximate surface area is 164 Å². The van der Waals surface area contributed by atoms with Crippen LogP contribution in [0.25, 0.3) is 17.1 Å². The zero-order chi connectivity index (χ0) is 18.6. The first-order valence-corrected chi connectivity index (χ1v) is 10.4. The minimum atomic E-state index is 0.304. The highest BCUT2D eigenvalue weighted by Gasteiger charge is 2.20.